The molecule has 8 heteroatoms. The topological polar surface area (TPSA) is 86.8 Å². The molecule has 1 heterocycles. The van der Waals surface area contributed by atoms with Crippen molar-refractivity contribution in [2.75, 3.05) is 40.3 Å². The van der Waals surface area contributed by atoms with Gasteiger partial charge in [0.25, 0.3) is 0 Å². The van der Waals surface area contributed by atoms with Gasteiger partial charge in [0.1, 0.15) is 0 Å². The lowest BCUT2D eigenvalue weighted by Gasteiger charge is -2.30. The first-order chi connectivity index (χ1) is 12.2. The zero-order valence-electron chi connectivity index (χ0n) is 15.6. The lowest BCUT2D eigenvalue weighted by Crippen LogP contribution is -2.43. The number of carbonyl (C=O) groups is 2. The second-order valence-corrected chi connectivity index (χ2v) is 8.79. The van der Waals surface area contributed by atoms with Gasteiger partial charge in [-0.05, 0) is 46.0 Å². The predicted octanol–water partition coefficient (Wildman–Crippen LogP) is 0.968. The number of rotatable bonds is 7. The van der Waals surface area contributed by atoms with Gasteiger partial charge in [-0.2, -0.15) is 4.31 Å². The fraction of sp³-hybridized carbons (Fsp3) is 0.556. The van der Waals surface area contributed by atoms with Crippen LogP contribution >= 0.6 is 0 Å². The maximum atomic E-state index is 12.7. The van der Waals surface area contributed by atoms with Gasteiger partial charge in [-0.15, -0.1) is 0 Å². The van der Waals surface area contributed by atoms with E-state index in [2.05, 4.69) is 5.32 Å². The fourth-order valence-corrected chi connectivity index (χ4v) is 4.39. The van der Waals surface area contributed by atoms with Gasteiger partial charge in [0.2, 0.25) is 15.9 Å². The summed E-state index contributed by atoms with van der Waals surface area (Å²) in [7, 11) is 0.288. The average Bonchev–Trinajstić information content (AvgIpc) is 2.61. The molecule has 1 fully saturated rings. The van der Waals surface area contributed by atoms with Gasteiger partial charge in [-0.3, -0.25) is 9.59 Å². The number of piperidine rings is 1. The number of likely N-dealkylation sites (N-methyl/N-ethyl adjacent to an activating group) is 1. The van der Waals surface area contributed by atoms with Crippen LogP contribution in [0.3, 0.4) is 0 Å². The van der Waals surface area contributed by atoms with Gasteiger partial charge in [-0.25, -0.2) is 8.42 Å². The van der Waals surface area contributed by atoms with Crippen LogP contribution in [-0.4, -0.2) is 69.6 Å². The summed E-state index contributed by atoms with van der Waals surface area (Å²) >= 11 is 0. The third-order valence-electron chi connectivity index (χ3n) is 4.58. The number of nitrogens with one attached hydrogen (secondary N) is 1. The van der Waals surface area contributed by atoms with Crippen LogP contribution in [0.15, 0.2) is 29.2 Å². The van der Waals surface area contributed by atoms with Crippen LogP contribution < -0.4 is 5.32 Å². The maximum absolute atomic E-state index is 12.7. The summed E-state index contributed by atoms with van der Waals surface area (Å²) in [6.45, 7) is 3.45. The molecule has 1 aliphatic rings. The molecular weight excluding hydrogens is 354 g/mol. The highest BCUT2D eigenvalue weighted by Gasteiger charge is 2.32. The van der Waals surface area contributed by atoms with Crippen molar-refractivity contribution in [3.05, 3.63) is 29.8 Å². The van der Waals surface area contributed by atoms with Crippen LogP contribution in [0, 0.1) is 5.92 Å². The number of hydrogen-bond acceptors (Lipinski definition) is 5. The van der Waals surface area contributed by atoms with Gasteiger partial charge in [0.15, 0.2) is 5.78 Å². The Morgan fingerprint density at radius 3 is 2.23 bits per heavy atom. The number of nitrogens with zero attached hydrogens (tertiary/aromatic N) is 2. The molecule has 0 aromatic heterocycles. The largest absolute Gasteiger partial charge is 0.355 e. The van der Waals surface area contributed by atoms with E-state index in [9.17, 15) is 18.0 Å². The average molecular weight is 381 g/mol. The molecule has 0 atom stereocenters. The van der Waals surface area contributed by atoms with Crippen molar-refractivity contribution < 1.29 is 18.0 Å². The Bertz CT molecular complexity index is 736. The lowest BCUT2D eigenvalue weighted by molar-refractivity contribution is -0.126. The number of hydrogen-bond donors (Lipinski definition) is 1. The summed E-state index contributed by atoms with van der Waals surface area (Å²) in [4.78, 5) is 25.7. The fourth-order valence-electron chi connectivity index (χ4n) is 2.92. The minimum atomic E-state index is -3.60. The van der Waals surface area contributed by atoms with Crippen molar-refractivity contribution in [1.82, 2.24) is 14.5 Å². The second-order valence-electron chi connectivity index (χ2n) is 6.85. The molecule has 0 aliphatic carbocycles. The maximum Gasteiger partial charge on any atom is 0.243 e. The van der Waals surface area contributed by atoms with Gasteiger partial charge in [-0.1, -0.05) is 12.1 Å². The Morgan fingerprint density at radius 1 is 1.15 bits per heavy atom. The van der Waals surface area contributed by atoms with Crippen molar-refractivity contribution in [3.63, 3.8) is 0 Å². The lowest BCUT2D eigenvalue weighted by atomic mass is 9.97. The molecule has 26 heavy (non-hydrogen) atoms. The zero-order chi connectivity index (χ0) is 19.3. The molecule has 7 nitrogen and oxygen atoms in total. The first-order valence-corrected chi connectivity index (χ1v) is 10.2. The highest BCUT2D eigenvalue weighted by molar-refractivity contribution is 7.89. The molecule has 2 rings (SSSR count). The summed E-state index contributed by atoms with van der Waals surface area (Å²) < 4.78 is 26.9. The molecule has 1 aliphatic heterocycles. The van der Waals surface area contributed by atoms with Gasteiger partial charge < -0.3 is 10.2 Å². The van der Waals surface area contributed by atoms with Crippen LogP contribution in [0.4, 0.5) is 0 Å². The minimum absolute atomic E-state index is 0.00490. The molecule has 1 aromatic rings. The third-order valence-corrected chi connectivity index (χ3v) is 6.49. The summed E-state index contributed by atoms with van der Waals surface area (Å²) in [6, 6.07) is 5.98. The Labute approximate surface area is 155 Å². The summed E-state index contributed by atoms with van der Waals surface area (Å²) in [5.41, 5.74) is 0.483. The molecule has 144 valence electrons. The summed E-state index contributed by atoms with van der Waals surface area (Å²) in [5.74, 6) is -0.256. The van der Waals surface area contributed by atoms with E-state index in [1.165, 1.54) is 35.5 Å². The van der Waals surface area contributed by atoms with Crippen LogP contribution in [0.1, 0.15) is 30.1 Å². The molecule has 1 saturated heterocycles. The Balaban J connectivity index is 1.93. The number of ketones is 1. The molecule has 1 aromatic carbocycles. The van der Waals surface area contributed by atoms with Crippen LogP contribution in [-0.2, 0) is 14.8 Å². The van der Waals surface area contributed by atoms with E-state index in [0.29, 0.717) is 38.0 Å². The highest BCUT2D eigenvalue weighted by Crippen LogP contribution is 2.24. The van der Waals surface area contributed by atoms with E-state index < -0.39 is 10.0 Å². The van der Waals surface area contributed by atoms with E-state index in [4.69, 9.17) is 0 Å². The van der Waals surface area contributed by atoms with Crippen LogP contribution in [0.2, 0.25) is 0 Å². The number of benzene rings is 1. The zero-order valence-corrected chi connectivity index (χ0v) is 16.4. The Kier molecular flexibility index (Phi) is 6.91. The molecule has 0 unspecified atom stereocenters. The van der Waals surface area contributed by atoms with Crippen molar-refractivity contribution in [1.29, 1.82) is 0 Å². The van der Waals surface area contributed by atoms with E-state index in [0.717, 1.165) is 6.54 Å². The molecule has 0 saturated carbocycles. The van der Waals surface area contributed by atoms with Gasteiger partial charge in [0.05, 0.1) is 4.90 Å². The minimum Gasteiger partial charge on any atom is -0.355 e. The quantitative estimate of drug-likeness (QED) is 0.711. The Hall–Kier alpha value is -1.77. The SMILES string of the molecule is CC(=O)c1ccc(S(=O)(=O)N2CCC(C(=O)NCCN(C)C)CC2)cc1. The molecule has 0 radical (unpaired) electrons. The molecule has 1 N–H and O–H groups in total. The molecular formula is C18H27N3O4S. The van der Waals surface area contributed by atoms with Crippen LogP contribution in [0.25, 0.3) is 0 Å². The Morgan fingerprint density at radius 2 is 1.73 bits per heavy atom. The van der Waals surface area contributed by atoms with E-state index >= 15 is 0 Å². The number of carbonyl (C=O) groups excluding carboxylic acids is 2. The summed E-state index contributed by atoms with van der Waals surface area (Å²) in [6.07, 6.45) is 1.02. The second kappa shape index (κ2) is 8.75. The van der Waals surface area contributed by atoms with Crippen molar-refractivity contribution in [2.24, 2.45) is 5.92 Å². The van der Waals surface area contributed by atoms with Crippen molar-refractivity contribution in [2.45, 2.75) is 24.7 Å². The third kappa shape index (κ3) is 5.12. The monoisotopic (exact) mass is 381 g/mol. The molecule has 0 spiro atoms. The van der Waals surface area contributed by atoms with E-state index in [1.54, 1.807) is 0 Å². The van der Waals surface area contributed by atoms with Gasteiger partial charge in [0, 0.05) is 37.7 Å². The first kappa shape index (κ1) is 20.5. The first-order valence-electron chi connectivity index (χ1n) is 8.75. The van der Waals surface area contributed by atoms with Crippen LogP contribution in [0.5, 0.6) is 0 Å². The number of amides is 1. The van der Waals surface area contributed by atoms with Crippen molar-refractivity contribution in [3.8, 4) is 0 Å². The van der Waals surface area contributed by atoms with E-state index in [-0.39, 0.29) is 22.5 Å². The number of sulfonamides is 1. The normalized spacial score (nSPS) is 16.6. The standard InChI is InChI=1S/C18H27N3O4S/c1-14(22)15-4-6-17(7-5-15)26(24,25)21-11-8-16(9-12-21)18(23)19-10-13-20(2)3/h4-7,16H,8-13H2,1-3H3,(H,19,23). The smallest absolute Gasteiger partial charge is 0.243 e. The number of Topliss-reactive ketones (excluding diaryl/α,β-unsaturated/α-hetero) is 1. The molecule has 1 amide bonds. The predicted molar refractivity (Wildman–Crippen MR) is 99.5 cm³/mol. The molecule has 0 bridgehead atoms. The van der Waals surface area contributed by atoms with E-state index in [1.807, 2.05) is 19.0 Å². The van der Waals surface area contributed by atoms with Gasteiger partial charge >= 0.3 is 0 Å². The summed E-state index contributed by atoms with van der Waals surface area (Å²) in [5, 5.41) is 2.91. The highest BCUT2D eigenvalue weighted by atomic mass is 32.2. The van der Waals surface area contributed by atoms with Crippen molar-refractivity contribution >= 4 is 21.7 Å².